The molecular formula is C9H15N3O. The van der Waals surface area contributed by atoms with Crippen molar-refractivity contribution in [3.8, 4) is 0 Å². The monoisotopic (exact) mass is 181 g/mol. The lowest BCUT2D eigenvalue weighted by Crippen LogP contribution is -2.45. The first-order chi connectivity index (χ1) is 6.09. The zero-order valence-electron chi connectivity index (χ0n) is 8.06. The molecule has 0 unspecified atom stereocenters. The molecule has 0 radical (unpaired) electrons. The molecular weight excluding hydrogens is 166 g/mol. The molecule has 2 rings (SSSR count). The molecule has 0 spiro atoms. The molecule has 1 N–H and O–H groups in total. The Morgan fingerprint density at radius 3 is 2.85 bits per heavy atom. The van der Waals surface area contributed by atoms with E-state index in [2.05, 4.69) is 17.0 Å². The third-order valence-corrected chi connectivity index (χ3v) is 2.75. The van der Waals surface area contributed by atoms with Crippen LogP contribution in [-0.2, 0) is 13.5 Å². The van der Waals surface area contributed by atoms with Crippen molar-refractivity contribution in [1.82, 2.24) is 14.8 Å². The van der Waals surface area contributed by atoms with Crippen LogP contribution >= 0.6 is 0 Å². The van der Waals surface area contributed by atoms with Crippen molar-refractivity contribution in [2.24, 2.45) is 13.0 Å². The molecule has 1 aromatic rings. The predicted octanol–water partition coefficient (Wildman–Crippen LogP) is 0.519. The first-order valence-electron chi connectivity index (χ1n) is 4.64. The van der Waals surface area contributed by atoms with Crippen LogP contribution in [-0.4, -0.2) is 25.5 Å². The summed E-state index contributed by atoms with van der Waals surface area (Å²) in [5.41, 5.74) is -0.514. The Bertz CT molecular complexity index is 302. The molecule has 1 saturated carbocycles. The highest BCUT2D eigenvalue weighted by atomic mass is 16.3. The molecule has 0 saturated heterocycles. The maximum atomic E-state index is 10.00. The average Bonchev–Trinajstić information content (AvgIpc) is 2.33. The Labute approximate surface area is 77.6 Å². The average molecular weight is 181 g/mol. The van der Waals surface area contributed by atoms with Crippen LogP contribution in [0.25, 0.3) is 0 Å². The van der Waals surface area contributed by atoms with Gasteiger partial charge in [0.2, 0.25) is 0 Å². The number of aryl methyl sites for hydroxylation is 1. The molecule has 0 atom stereocenters. The molecule has 0 aliphatic heterocycles. The zero-order chi connectivity index (χ0) is 9.47. The minimum Gasteiger partial charge on any atom is -0.389 e. The SMILES string of the molecule is CC1CC(O)(Cc2ncnn2C)C1. The van der Waals surface area contributed by atoms with Crippen LogP contribution in [0.2, 0.25) is 0 Å². The van der Waals surface area contributed by atoms with Crippen LogP contribution in [0.4, 0.5) is 0 Å². The van der Waals surface area contributed by atoms with Crippen LogP contribution in [0, 0.1) is 5.92 Å². The van der Waals surface area contributed by atoms with Crippen molar-refractivity contribution in [3.05, 3.63) is 12.2 Å². The molecule has 1 heterocycles. The van der Waals surface area contributed by atoms with E-state index < -0.39 is 5.60 Å². The van der Waals surface area contributed by atoms with Gasteiger partial charge in [-0.05, 0) is 18.8 Å². The van der Waals surface area contributed by atoms with E-state index in [1.54, 1.807) is 4.68 Å². The Balaban J connectivity index is 2.03. The summed E-state index contributed by atoms with van der Waals surface area (Å²) in [7, 11) is 1.85. The fourth-order valence-electron chi connectivity index (χ4n) is 2.16. The Morgan fingerprint density at radius 1 is 1.69 bits per heavy atom. The standard InChI is InChI=1S/C9H15N3O/c1-7-3-9(13,4-7)5-8-10-6-11-12(8)2/h6-7,13H,3-5H2,1-2H3. The molecule has 0 bridgehead atoms. The van der Waals surface area contributed by atoms with Crippen LogP contribution in [0.5, 0.6) is 0 Å². The highest BCUT2D eigenvalue weighted by Gasteiger charge is 2.40. The number of aliphatic hydroxyl groups is 1. The van der Waals surface area contributed by atoms with Crippen LogP contribution < -0.4 is 0 Å². The lowest BCUT2D eigenvalue weighted by Gasteiger charge is -2.41. The quantitative estimate of drug-likeness (QED) is 0.723. The summed E-state index contributed by atoms with van der Waals surface area (Å²) in [6.45, 7) is 2.16. The molecule has 1 fully saturated rings. The van der Waals surface area contributed by atoms with E-state index in [9.17, 15) is 5.11 Å². The van der Waals surface area contributed by atoms with Gasteiger partial charge in [-0.2, -0.15) is 5.10 Å². The first kappa shape index (κ1) is 8.69. The Hall–Kier alpha value is -0.900. The van der Waals surface area contributed by atoms with E-state index >= 15 is 0 Å². The van der Waals surface area contributed by atoms with Gasteiger partial charge >= 0.3 is 0 Å². The summed E-state index contributed by atoms with van der Waals surface area (Å²) in [6, 6.07) is 0. The molecule has 1 aromatic heterocycles. The molecule has 1 aliphatic carbocycles. The normalized spacial score (nSPS) is 33.0. The second-order valence-electron chi connectivity index (χ2n) is 4.21. The molecule has 4 nitrogen and oxygen atoms in total. The fourth-order valence-corrected chi connectivity index (χ4v) is 2.16. The van der Waals surface area contributed by atoms with Gasteiger partial charge in [0.1, 0.15) is 12.2 Å². The van der Waals surface area contributed by atoms with Gasteiger partial charge in [-0.1, -0.05) is 6.92 Å². The zero-order valence-corrected chi connectivity index (χ0v) is 8.06. The van der Waals surface area contributed by atoms with E-state index in [1.807, 2.05) is 7.05 Å². The van der Waals surface area contributed by atoms with Gasteiger partial charge in [0.05, 0.1) is 5.60 Å². The van der Waals surface area contributed by atoms with Gasteiger partial charge in [-0.25, -0.2) is 4.98 Å². The summed E-state index contributed by atoms with van der Waals surface area (Å²) >= 11 is 0. The van der Waals surface area contributed by atoms with E-state index in [1.165, 1.54) is 6.33 Å². The number of hydrogen-bond donors (Lipinski definition) is 1. The third kappa shape index (κ3) is 1.58. The van der Waals surface area contributed by atoms with Crippen molar-refractivity contribution in [3.63, 3.8) is 0 Å². The van der Waals surface area contributed by atoms with Crippen molar-refractivity contribution >= 4 is 0 Å². The second kappa shape index (κ2) is 2.80. The second-order valence-corrected chi connectivity index (χ2v) is 4.21. The van der Waals surface area contributed by atoms with E-state index in [4.69, 9.17) is 0 Å². The largest absolute Gasteiger partial charge is 0.389 e. The van der Waals surface area contributed by atoms with Crippen LogP contribution in [0.1, 0.15) is 25.6 Å². The molecule has 72 valence electrons. The van der Waals surface area contributed by atoms with Gasteiger partial charge < -0.3 is 5.11 Å². The number of hydrogen-bond acceptors (Lipinski definition) is 3. The Kier molecular flexibility index (Phi) is 1.87. The van der Waals surface area contributed by atoms with E-state index in [-0.39, 0.29) is 0 Å². The highest BCUT2D eigenvalue weighted by Crippen LogP contribution is 2.39. The molecule has 0 aromatic carbocycles. The maximum Gasteiger partial charge on any atom is 0.138 e. The number of rotatable bonds is 2. The fraction of sp³-hybridized carbons (Fsp3) is 0.778. The summed E-state index contributed by atoms with van der Waals surface area (Å²) in [5, 5.41) is 14.0. The Morgan fingerprint density at radius 2 is 2.38 bits per heavy atom. The van der Waals surface area contributed by atoms with E-state index in [0.717, 1.165) is 18.7 Å². The maximum absolute atomic E-state index is 10.00. The van der Waals surface area contributed by atoms with Crippen molar-refractivity contribution in [2.45, 2.75) is 31.8 Å². The van der Waals surface area contributed by atoms with Crippen molar-refractivity contribution in [1.29, 1.82) is 0 Å². The minimum absolute atomic E-state index is 0.514. The number of nitrogens with zero attached hydrogens (tertiary/aromatic N) is 3. The van der Waals surface area contributed by atoms with Gasteiger partial charge in [0, 0.05) is 13.5 Å². The van der Waals surface area contributed by atoms with Crippen LogP contribution in [0.3, 0.4) is 0 Å². The smallest absolute Gasteiger partial charge is 0.138 e. The first-order valence-corrected chi connectivity index (χ1v) is 4.64. The topological polar surface area (TPSA) is 50.9 Å². The lowest BCUT2D eigenvalue weighted by molar-refractivity contribution is -0.0684. The molecule has 1 aliphatic rings. The number of aromatic nitrogens is 3. The summed E-state index contributed by atoms with van der Waals surface area (Å²) in [5.74, 6) is 1.52. The third-order valence-electron chi connectivity index (χ3n) is 2.75. The molecule has 13 heavy (non-hydrogen) atoms. The minimum atomic E-state index is -0.514. The van der Waals surface area contributed by atoms with Crippen LogP contribution in [0.15, 0.2) is 6.33 Å². The predicted molar refractivity (Wildman–Crippen MR) is 48.1 cm³/mol. The summed E-state index contributed by atoms with van der Waals surface area (Å²) < 4.78 is 1.72. The van der Waals surface area contributed by atoms with Crippen molar-refractivity contribution < 1.29 is 5.11 Å². The lowest BCUT2D eigenvalue weighted by atomic mass is 9.70. The molecule has 4 heteroatoms. The highest BCUT2D eigenvalue weighted by molar-refractivity contribution is 5.00. The summed E-state index contributed by atoms with van der Waals surface area (Å²) in [6.07, 6.45) is 3.94. The van der Waals surface area contributed by atoms with Gasteiger partial charge in [0.25, 0.3) is 0 Å². The van der Waals surface area contributed by atoms with Gasteiger partial charge in [-0.15, -0.1) is 0 Å². The van der Waals surface area contributed by atoms with Crippen molar-refractivity contribution in [2.75, 3.05) is 0 Å². The summed E-state index contributed by atoms with van der Waals surface area (Å²) in [4.78, 5) is 4.10. The van der Waals surface area contributed by atoms with E-state index in [0.29, 0.717) is 12.3 Å². The van der Waals surface area contributed by atoms with Gasteiger partial charge in [-0.3, -0.25) is 4.68 Å². The molecule has 0 amide bonds. The van der Waals surface area contributed by atoms with Gasteiger partial charge in [0.15, 0.2) is 0 Å².